The van der Waals surface area contributed by atoms with Gasteiger partial charge in [-0.25, -0.2) is 4.79 Å². The number of amides is 2. The average molecular weight is 414 g/mol. The fourth-order valence-corrected chi connectivity index (χ4v) is 4.98. The van der Waals surface area contributed by atoms with E-state index in [-0.39, 0.29) is 29.3 Å². The molecule has 2 amide bonds. The van der Waals surface area contributed by atoms with Crippen molar-refractivity contribution in [3.05, 3.63) is 46.7 Å². The van der Waals surface area contributed by atoms with E-state index in [9.17, 15) is 19.5 Å². The molecular weight excluding hydrogens is 392 g/mol. The molecule has 1 saturated heterocycles. The molecule has 1 fully saturated rings. The van der Waals surface area contributed by atoms with Gasteiger partial charge in [-0.15, -0.1) is 11.8 Å². The van der Waals surface area contributed by atoms with Gasteiger partial charge >= 0.3 is 5.97 Å². The summed E-state index contributed by atoms with van der Waals surface area (Å²) in [5.74, 6) is -0.332. The van der Waals surface area contributed by atoms with Crippen molar-refractivity contribution in [3.8, 4) is 0 Å². The number of carbonyl (C=O) groups is 3. The van der Waals surface area contributed by atoms with E-state index in [4.69, 9.17) is 0 Å². The molecule has 3 heterocycles. The Morgan fingerprint density at radius 1 is 1.34 bits per heavy atom. The third kappa shape index (κ3) is 3.74. The number of hydrogen-bond acceptors (Lipinski definition) is 6. The summed E-state index contributed by atoms with van der Waals surface area (Å²) in [4.78, 5) is 42.1. The second-order valence-electron chi connectivity index (χ2n) is 7.27. The fraction of sp³-hybridized carbons (Fsp3) is 0.400. The van der Waals surface area contributed by atoms with E-state index in [0.29, 0.717) is 11.3 Å². The molecule has 0 aromatic heterocycles. The Bertz CT molecular complexity index is 925. The predicted octanol–water partition coefficient (Wildman–Crippen LogP) is 0.728. The lowest BCUT2D eigenvalue weighted by atomic mass is 10.0. The van der Waals surface area contributed by atoms with Gasteiger partial charge in [0.25, 0.3) is 5.91 Å². The zero-order valence-corrected chi connectivity index (χ0v) is 16.8. The number of fused-ring (bicyclic) bond motifs is 1. The molecule has 8 nitrogen and oxygen atoms in total. The molecule has 152 valence electrons. The number of thioether (sulfide) groups is 1. The lowest BCUT2D eigenvalue weighted by molar-refractivity contribution is -0.150. The van der Waals surface area contributed by atoms with Crippen molar-refractivity contribution in [2.75, 3.05) is 18.8 Å². The molecule has 1 aromatic rings. The average Bonchev–Trinajstić information content (AvgIpc) is 2.73. The zero-order chi connectivity index (χ0) is 20.5. The number of aliphatic carboxylic acids is 1. The van der Waals surface area contributed by atoms with Gasteiger partial charge in [-0.1, -0.05) is 24.3 Å². The maximum atomic E-state index is 12.4. The molecule has 0 saturated carbocycles. The molecule has 3 aliphatic heterocycles. The quantitative estimate of drug-likeness (QED) is 0.613. The number of hydrogen-bond donors (Lipinski definition) is 3. The monoisotopic (exact) mass is 414 g/mol. The smallest absolute Gasteiger partial charge is 0.352 e. The van der Waals surface area contributed by atoms with Crippen LogP contribution in [-0.2, 0) is 20.8 Å². The third-order valence-corrected chi connectivity index (χ3v) is 6.59. The van der Waals surface area contributed by atoms with Crippen LogP contribution in [0.4, 0.5) is 0 Å². The lowest BCUT2D eigenvalue weighted by Gasteiger charge is -2.49. The van der Waals surface area contributed by atoms with Crippen LogP contribution in [0, 0.1) is 0 Å². The van der Waals surface area contributed by atoms with E-state index in [1.165, 1.54) is 16.7 Å². The number of nitrogens with zero attached hydrogens (tertiary/aromatic N) is 2. The van der Waals surface area contributed by atoms with Crippen LogP contribution in [0.1, 0.15) is 24.5 Å². The molecule has 0 spiro atoms. The first-order valence-electron chi connectivity index (χ1n) is 9.50. The first-order chi connectivity index (χ1) is 14.0. The van der Waals surface area contributed by atoms with Crippen LogP contribution in [0.3, 0.4) is 0 Å². The Balaban J connectivity index is 1.37. The summed E-state index contributed by atoms with van der Waals surface area (Å²) in [6, 6.07) is 6.94. The maximum Gasteiger partial charge on any atom is 0.352 e. The van der Waals surface area contributed by atoms with Crippen molar-refractivity contribution in [1.29, 1.82) is 0 Å². The molecule has 4 rings (SSSR count). The standard InChI is InChI=1S/C20H22N4O4S/c1-11-10-29-19-15(18(26)24(19)16(11)20(27)28)23-14(25)9-12-3-5-13(6-4-12)17-21-7-2-8-22-17/h3-6,15,19H,2,7-10H2,1H3,(H,21,22)(H,23,25)(H,27,28)/t15-,19-/m0/s1. The van der Waals surface area contributed by atoms with E-state index in [0.717, 1.165) is 36.5 Å². The number of benzene rings is 1. The minimum Gasteiger partial charge on any atom is -0.477 e. The number of nitrogens with one attached hydrogen (secondary N) is 2. The Labute approximate surface area is 172 Å². The van der Waals surface area contributed by atoms with Crippen LogP contribution < -0.4 is 10.6 Å². The molecule has 0 aliphatic carbocycles. The van der Waals surface area contributed by atoms with Gasteiger partial charge in [0.05, 0.1) is 6.42 Å². The topological polar surface area (TPSA) is 111 Å². The number of carboxylic acid groups (broad SMARTS) is 1. The summed E-state index contributed by atoms with van der Waals surface area (Å²) in [6.07, 6.45) is 1.18. The summed E-state index contributed by atoms with van der Waals surface area (Å²) < 4.78 is 0. The molecular formula is C20H22N4O4S. The van der Waals surface area contributed by atoms with Crippen molar-refractivity contribution in [3.63, 3.8) is 0 Å². The van der Waals surface area contributed by atoms with Gasteiger partial charge in [0, 0.05) is 24.4 Å². The summed E-state index contributed by atoms with van der Waals surface area (Å²) in [6.45, 7) is 3.44. The minimum absolute atomic E-state index is 0.0408. The minimum atomic E-state index is -1.11. The molecule has 0 radical (unpaired) electrons. The van der Waals surface area contributed by atoms with Crippen molar-refractivity contribution in [2.24, 2.45) is 4.99 Å². The van der Waals surface area contributed by atoms with Crippen molar-refractivity contribution in [2.45, 2.75) is 31.2 Å². The van der Waals surface area contributed by atoms with E-state index < -0.39 is 12.0 Å². The normalized spacial score (nSPS) is 23.6. The third-order valence-electron chi connectivity index (χ3n) is 5.17. The second-order valence-corrected chi connectivity index (χ2v) is 8.38. The van der Waals surface area contributed by atoms with Gasteiger partial charge in [-0.05, 0) is 24.5 Å². The Hall–Kier alpha value is -2.81. The van der Waals surface area contributed by atoms with Crippen LogP contribution >= 0.6 is 11.8 Å². The largest absolute Gasteiger partial charge is 0.477 e. The van der Waals surface area contributed by atoms with Gasteiger partial charge in [0.1, 0.15) is 22.9 Å². The van der Waals surface area contributed by atoms with Crippen molar-refractivity contribution >= 4 is 35.4 Å². The Morgan fingerprint density at radius 3 is 2.76 bits per heavy atom. The van der Waals surface area contributed by atoms with Crippen LogP contribution in [0.5, 0.6) is 0 Å². The van der Waals surface area contributed by atoms with Crippen LogP contribution in [0.15, 0.2) is 40.5 Å². The van der Waals surface area contributed by atoms with Crippen molar-refractivity contribution in [1.82, 2.24) is 15.5 Å². The van der Waals surface area contributed by atoms with Crippen LogP contribution in [0.25, 0.3) is 0 Å². The first-order valence-corrected chi connectivity index (χ1v) is 10.6. The zero-order valence-electron chi connectivity index (χ0n) is 16.0. The summed E-state index contributed by atoms with van der Waals surface area (Å²) >= 11 is 1.47. The second kappa shape index (κ2) is 7.90. The number of carboxylic acids is 1. The van der Waals surface area contributed by atoms with Gasteiger partial charge in [-0.3, -0.25) is 19.5 Å². The van der Waals surface area contributed by atoms with Crippen LogP contribution in [-0.4, -0.2) is 63.9 Å². The molecule has 1 aromatic carbocycles. The molecule has 9 heteroatoms. The molecule has 3 N–H and O–H groups in total. The highest BCUT2D eigenvalue weighted by Crippen LogP contribution is 2.40. The molecule has 0 unspecified atom stereocenters. The van der Waals surface area contributed by atoms with Gasteiger partial charge in [0.2, 0.25) is 5.91 Å². The summed E-state index contributed by atoms with van der Waals surface area (Å²) in [5, 5.41) is 15.0. The van der Waals surface area contributed by atoms with E-state index >= 15 is 0 Å². The summed E-state index contributed by atoms with van der Waals surface area (Å²) in [5.41, 5.74) is 2.53. The highest BCUT2D eigenvalue weighted by atomic mass is 32.2. The van der Waals surface area contributed by atoms with Gasteiger partial charge < -0.3 is 15.7 Å². The van der Waals surface area contributed by atoms with Crippen LogP contribution in [0.2, 0.25) is 0 Å². The number of amidine groups is 1. The number of aliphatic imine (C=N–C) groups is 1. The molecule has 0 bridgehead atoms. The maximum absolute atomic E-state index is 12.4. The van der Waals surface area contributed by atoms with E-state index in [2.05, 4.69) is 15.6 Å². The fourth-order valence-electron chi connectivity index (χ4n) is 3.69. The number of β-lactam (4-membered cyclic amide) rings is 1. The number of rotatable bonds is 5. The Morgan fingerprint density at radius 2 is 2.10 bits per heavy atom. The van der Waals surface area contributed by atoms with Crippen molar-refractivity contribution < 1.29 is 19.5 Å². The van der Waals surface area contributed by atoms with Gasteiger partial charge in [-0.2, -0.15) is 0 Å². The lowest BCUT2D eigenvalue weighted by Crippen LogP contribution is -2.70. The highest BCUT2D eigenvalue weighted by Gasteiger charge is 2.53. The molecule has 2 atom stereocenters. The predicted molar refractivity (Wildman–Crippen MR) is 110 cm³/mol. The van der Waals surface area contributed by atoms with Gasteiger partial charge in [0.15, 0.2) is 0 Å². The molecule has 29 heavy (non-hydrogen) atoms. The van der Waals surface area contributed by atoms with E-state index in [1.54, 1.807) is 6.92 Å². The van der Waals surface area contributed by atoms with E-state index in [1.807, 2.05) is 24.3 Å². The SMILES string of the molecule is CC1=C(C(=O)O)N2C(=O)[C@H](NC(=O)Cc3ccc(C4=NCCCN4)cc3)[C@@H]2SC1. The Kier molecular flexibility index (Phi) is 5.31. The highest BCUT2D eigenvalue weighted by molar-refractivity contribution is 8.00. The summed E-state index contributed by atoms with van der Waals surface area (Å²) in [7, 11) is 0. The first kappa shape index (κ1) is 19.5. The molecule has 3 aliphatic rings. The number of carbonyl (C=O) groups excluding carboxylic acids is 2.